The number of nitrogens with one attached hydrogen (secondary N) is 1. The van der Waals surface area contributed by atoms with Gasteiger partial charge in [-0.05, 0) is 55.4 Å². The number of amides is 1. The Morgan fingerprint density at radius 1 is 1.35 bits per heavy atom. The van der Waals surface area contributed by atoms with Crippen LogP contribution in [0.3, 0.4) is 0 Å². The summed E-state index contributed by atoms with van der Waals surface area (Å²) in [6.07, 6.45) is 2.62. The van der Waals surface area contributed by atoms with Crippen LogP contribution in [0.15, 0.2) is 28.3 Å². The van der Waals surface area contributed by atoms with Crippen LogP contribution in [0, 0.1) is 15.6 Å². The van der Waals surface area contributed by atoms with Crippen molar-refractivity contribution in [3.63, 3.8) is 0 Å². The Morgan fingerprint density at radius 3 is 2.53 bits per heavy atom. The molecule has 1 spiro atoms. The maximum absolute atomic E-state index is 14.2. The molecule has 3 fully saturated rings. The number of hydrogen-bond donors (Lipinski definition) is 2. The summed E-state index contributed by atoms with van der Waals surface area (Å²) in [5, 5.41) is 13.7. The van der Waals surface area contributed by atoms with E-state index in [0.29, 0.717) is 23.0 Å². The van der Waals surface area contributed by atoms with E-state index >= 15 is 0 Å². The summed E-state index contributed by atoms with van der Waals surface area (Å²) in [6, 6.07) is 2.26. The molecule has 5 rings (SSSR count). The first-order valence-corrected chi connectivity index (χ1v) is 13.1. The molecule has 1 amide bonds. The van der Waals surface area contributed by atoms with Crippen LogP contribution in [-0.2, 0) is 22.5 Å². The first-order chi connectivity index (χ1) is 15.7. The molecular formula is C22H26F3N5O3S. The minimum Gasteiger partial charge on any atom is -0.428 e. The van der Waals surface area contributed by atoms with Gasteiger partial charge in [-0.2, -0.15) is 23.0 Å². The summed E-state index contributed by atoms with van der Waals surface area (Å²) >= 11 is 0. The number of hydrogen-bond acceptors (Lipinski definition) is 5. The fraction of sp³-hybridized carbons (Fsp3) is 0.591. The largest absolute Gasteiger partial charge is 0.428 e. The average molecular weight is 498 g/mol. The third-order valence-electron chi connectivity index (χ3n) is 7.04. The van der Waals surface area contributed by atoms with Crippen LogP contribution in [0.1, 0.15) is 73.1 Å². The van der Waals surface area contributed by atoms with Gasteiger partial charge in [-0.25, -0.2) is 14.0 Å². The number of halogens is 3. The molecule has 2 N–H and O–H groups in total. The second-order valence-electron chi connectivity index (χ2n) is 10.5. The minimum absolute atomic E-state index is 0.0974. The molecule has 2 heterocycles. The first-order valence-electron chi connectivity index (χ1n) is 11.1. The lowest BCUT2D eigenvalue weighted by Gasteiger charge is -2.46. The molecule has 12 heteroatoms. The van der Waals surface area contributed by atoms with Crippen molar-refractivity contribution in [3.05, 3.63) is 40.6 Å². The summed E-state index contributed by atoms with van der Waals surface area (Å²) in [7, 11) is -3.38. The molecule has 3 aliphatic carbocycles. The van der Waals surface area contributed by atoms with Crippen LogP contribution in [0.2, 0.25) is 0 Å². The van der Waals surface area contributed by atoms with Crippen molar-refractivity contribution in [1.29, 1.82) is 4.78 Å². The number of pyridine rings is 1. The van der Waals surface area contributed by atoms with Gasteiger partial charge in [0.25, 0.3) is 5.91 Å². The predicted molar refractivity (Wildman–Crippen MR) is 115 cm³/mol. The smallest absolute Gasteiger partial charge is 0.420 e. The standard InChI is InChI=1S/C22H26F3N5O3S/c1-20(10-21(11-20)6-7-21)12-29-18(16(22(23,24)25)17(28-29)13-3-4-13)19(31)27-14-5-8-30(32)15(9-14)34(2,26)33/h5,8-9,13,26,32H,3-4,6-7,10-12H2,1-2H3. The van der Waals surface area contributed by atoms with Crippen LogP contribution in [0.5, 0.6) is 0 Å². The topological polar surface area (TPSA) is 113 Å². The molecule has 0 bridgehead atoms. The molecule has 8 nitrogen and oxygen atoms in total. The Morgan fingerprint density at radius 2 is 2.00 bits per heavy atom. The summed E-state index contributed by atoms with van der Waals surface area (Å²) < 4.78 is 64.0. The summed E-state index contributed by atoms with van der Waals surface area (Å²) in [5.74, 6) is -1.43. The lowest BCUT2D eigenvalue weighted by Crippen LogP contribution is -2.40. The quantitative estimate of drug-likeness (QED) is 0.604. The van der Waals surface area contributed by atoms with Crippen LogP contribution < -0.4 is 5.36 Å². The van der Waals surface area contributed by atoms with E-state index in [1.165, 1.54) is 10.7 Å². The van der Waals surface area contributed by atoms with Gasteiger partial charge in [-0.3, -0.25) is 9.48 Å². The maximum atomic E-state index is 14.2. The molecule has 184 valence electrons. The van der Waals surface area contributed by atoms with Gasteiger partial charge in [0.05, 0.1) is 20.8 Å². The molecule has 3 aliphatic rings. The molecule has 0 aromatic carbocycles. The zero-order chi connectivity index (χ0) is 24.7. The van der Waals surface area contributed by atoms with E-state index < -0.39 is 33.1 Å². The zero-order valence-corrected chi connectivity index (χ0v) is 19.7. The van der Waals surface area contributed by atoms with E-state index in [2.05, 4.69) is 10.1 Å². The number of aromatic nitrogens is 3. The lowest BCUT2D eigenvalue weighted by molar-refractivity contribution is -0.138. The van der Waals surface area contributed by atoms with Crippen LogP contribution in [0.4, 0.5) is 13.2 Å². The number of carbonyl (C=O) groups is 1. The molecule has 2 aromatic heterocycles. The van der Waals surface area contributed by atoms with Crippen molar-refractivity contribution in [2.75, 3.05) is 6.26 Å². The van der Waals surface area contributed by atoms with Gasteiger partial charge in [-0.1, -0.05) is 6.92 Å². The van der Waals surface area contributed by atoms with Gasteiger partial charge in [0.2, 0.25) is 0 Å². The summed E-state index contributed by atoms with van der Waals surface area (Å²) in [6.45, 7) is 2.22. The maximum Gasteiger partial charge on any atom is 0.420 e. The Labute approximate surface area is 194 Å². The van der Waals surface area contributed by atoms with Gasteiger partial charge < -0.3 is 5.21 Å². The minimum atomic E-state index is -4.77. The van der Waals surface area contributed by atoms with E-state index in [9.17, 15) is 27.4 Å². The Balaban J connectivity index is 1.60. The fourth-order valence-electron chi connectivity index (χ4n) is 5.49. The molecule has 1 atom stereocenters. The Hall–Kier alpha value is -2.63. The van der Waals surface area contributed by atoms with Gasteiger partial charge in [0.1, 0.15) is 11.3 Å². The highest BCUT2D eigenvalue weighted by Gasteiger charge is 2.59. The fourth-order valence-corrected chi connectivity index (χ4v) is 6.25. The second-order valence-corrected chi connectivity index (χ2v) is 12.6. The van der Waals surface area contributed by atoms with E-state index in [4.69, 9.17) is 4.78 Å². The van der Waals surface area contributed by atoms with Gasteiger partial charge in [0.15, 0.2) is 5.03 Å². The van der Waals surface area contributed by atoms with E-state index in [1.54, 1.807) is 0 Å². The Bertz CT molecular complexity index is 1360. The lowest BCUT2D eigenvalue weighted by atomic mass is 9.60. The summed E-state index contributed by atoms with van der Waals surface area (Å²) in [5.41, 5.74) is -1.62. The zero-order valence-electron chi connectivity index (χ0n) is 18.9. The molecule has 34 heavy (non-hydrogen) atoms. The van der Waals surface area contributed by atoms with Crippen molar-refractivity contribution < 1.29 is 27.4 Å². The highest BCUT2D eigenvalue weighted by molar-refractivity contribution is 7.91. The molecular weight excluding hydrogens is 471 g/mol. The second kappa shape index (κ2) is 7.19. The third kappa shape index (κ3) is 4.16. The van der Waals surface area contributed by atoms with Crippen molar-refractivity contribution in [2.45, 2.75) is 69.1 Å². The van der Waals surface area contributed by atoms with E-state index in [-0.39, 0.29) is 34.0 Å². The van der Waals surface area contributed by atoms with Crippen molar-refractivity contribution in [1.82, 2.24) is 14.5 Å². The van der Waals surface area contributed by atoms with Crippen molar-refractivity contribution >= 4 is 15.6 Å². The van der Waals surface area contributed by atoms with Crippen molar-refractivity contribution in [2.24, 2.45) is 15.8 Å². The van der Waals surface area contributed by atoms with Gasteiger partial charge in [0, 0.05) is 31.0 Å². The molecule has 0 aliphatic heterocycles. The Kier molecular flexibility index (Phi) is 4.89. The number of rotatable bonds is 5. The van der Waals surface area contributed by atoms with E-state index in [1.807, 2.05) is 6.92 Å². The van der Waals surface area contributed by atoms with E-state index in [0.717, 1.165) is 44.2 Å². The SMILES string of the molecule is CC1(Cn2nc(C3CC3)c(C(F)(F)F)c2C(=O)N=c2ccn(O)c(S(C)(=N)=O)c2)CC2(CC2)C1. The monoisotopic (exact) mass is 497 g/mol. The highest BCUT2D eigenvalue weighted by Crippen LogP contribution is 2.69. The molecule has 3 saturated carbocycles. The number of carbonyl (C=O) groups excluding carboxylic acids is 1. The molecule has 2 aromatic rings. The molecule has 1 unspecified atom stereocenters. The summed E-state index contributed by atoms with van der Waals surface area (Å²) in [4.78, 5) is 17.1. The highest BCUT2D eigenvalue weighted by atomic mass is 32.2. The van der Waals surface area contributed by atoms with Crippen LogP contribution in [0.25, 0.3) is 0 Å². The van der Waals surface area contributed by atoms with Gasteiger partial charge in [-0.15, -0.1) is 0 Å². The normalized spacial score (nSPS) is 22.9. The average Bonchev–Trinajstić information content (AvgIpc) is 3.60. The van der Waals surface area contributed by atoms with Crippen LogP contribution in [-0.4, -0.2) is 36.1 Å². The number of alkyl halides is 3. The molecule has 0 saturated heterocycles. The van der Waals surface area contributed by atoms with Crippen LogP contribution >= 0.6 is 0 Å². The number of nitrogens with zero attached hydrogens (tertiary/aromatic N) is 4. The van der Waals surface area contributed by atoms with Gasteiger partial charge >= 0.3 is 6.18 Å². The predicted octanol–water partition coefficient (Wildman–Crippen LogP) is 4.17. The first kappa shape index (κ1) is 23.1. The molecule has 0 radical (unpaired) electrons. The van der Waals surface area contributed by atoms with Crippen molar-refractivity contribution in [3.8, 4) is 0 Å². The third-order valence-corrected chi connectivity index (χ3v) is 8.14.